The Bertz CT molecular complexity index is 983. The lowest BCUT2D eigenvalue weighted by Crippen LogP contribution is -2.39. The van der Waals surface area contributed by atoms with E-state index in [0.717, 1.165) is 24.0 Å². The van der Waals surface area contributed by atoms with Gasteiger partial charge >= 0.3 is 0 Å². The van der Waals surface area contributed by atoms with E-state index in [1.165, 1.54) is 5.56 Å². The SMILES string of the molecule is O=C(NCCc1ccncc1)C(NCCc1ccncc1)c1ccc2c(c1)OCCO2. The minimum Gasteiger partial charge on any atom is -0.486 e. The van der Waals surface area contributed by atoms with Crippen molar-refractivity contribution in [2.45, 2.75) is 18.9 Å². The molecule has 4 rings (SSSR count). The number of nitrogens with one attached hydrogen (secondary N) is 2. The molecule has 0 radical (unpaired) electrons. The summed E-state index contributed by atoms with van der Waals surface area (Å²) in [5, 5.41) is 6.46. The van der Waals surface area contributed by atoms with Crippen molar-refractivity contribution in [2.75, 3.05) is 26.3 Å². The Morgan fingerprint density at radius 1 is 0.839 bits per heavy atom. The monoisotopic (exact) mass is 418 g/mol. The summed E-state index contributed by atoms with van der Waals surface area (Å²) in [6, 6.07) is 13.1. The lowest BCUT2D eigenvalue weighted by Gasteiger charge is -2.23. The van der Waals surface area contributed by atoms with Gasteiger partial charge in [0.15, 0.2) is 11.5 Å². The molecule has 7 nitrogen and oxygen atoms in total. The van der Waals surface area contributed by atoms with Gasteiger partial charge in [-0.15, -0.1) is 0 Å². The van der Waals surface area contributed by atoms with Crippen LogP contribution in [0.15, 0.2) is 67.3 Å². The summed E-state index contributed by atoms with van der Waals surface area (Å²) in [7, 11) is 0. The van der Waals surface area contributed by atoms with Gasteiger partial charge in [0.1, 0.15) is 19.3 Å². The molecule has 2 aromatic heterocycles. The normalized spacial score (nSPS) is 13.4. The number of carbonyl (C=O) groups is 1. The topological polar surface area (TPSA) is 85.4 Å². The van der Waals surface area contributed by atoms with Crippen molar-refractivity contribution < 1.29 is 14.3 Å². The third kappa shape index (κ3) is 5.79. The van der Waals surface area contributed by atoms with Crippen molar-refractivity contribution in [1.82, 2.24) is 20.6 Å². The molecule has 1 aliphatic heterocycles. The second-order valence-electron chi connectivity index (χ2n) is 7.29. The molecule has 0 fully saturated rings. The first-order chi connectivity index (χ1) is 15.3. The molecular weight excluding hydrogens is 392 g/mol. The number of ether oxygens (including phenoxy) is 2. The summed E-state index contributed by atoms with van der Waals surface area (Å²) in [5.41, 5.74) is 3.15. The molecule has 1 unspecified atom stereocenters. The van der Waals surface area contributed by atoms with E-state index in [1.54, 1.807) is 24.8 Å². The first kappa shape index (κ1) is 20.8. The maximum absolute atomic E-state index is 13.1. The molecule has 1 aromatic carbocycles. The van der Waals surface area contributed by atoms with E-state index < -0.39 is 6.04 Å². The zero-order valence-electron chi connectivity index (χ0n) is 17.3. The van der Waals surface area contributed by atoms with Gasteiger partial charge in [-0.25, -0.2) is 0 Å². The van der Waals surface area contributed by atoms with Crippen molar-refractivity contribution in [2.24, 2.45) is 0 Å². The molecule has 160 valence electrons. The molecule has 1 aliphatic rings. The van der Waals surface area contributed by atoms with Crippen molar-refractivity contribution in [1.29, 1.82) is 0 Å². The number of aromatic nitrogens is 2. The van der Waals surface area contributed by atoms with Crippen LogP contribution < -0.4 is 20.1 Å². The van der Waals surface area contributed by atoms with Gasteiger partial charge in [-0.05, 0) is 65.9 Å². The van der Waals surface area contributed by atoms with Crippen LogP contribution in [-0.4, -0.2) is 42.2 Å². The molecule has 1 amide bonds. The van der Waals surface area contributed by atoms with Crippen LogP contribution in [0.2, 0.25) is 0 Å². The van der Waals surface area contributed by atoms with Gasteiger partial charge < -0.3 is 20.1 Å². The molecule has 7 heteroatoms. The van der Waals surface area contributed by atoms with E-state index in [2.05, 4.69) is 20.6 Å². The van der Waals surface area contributed by atoms with Crippen molar-refractivity contribution in [3.63, 3.8) is 0 Å². The average molecular weight is 418 g/mol. The zero-order chi connectivity index (χ0) is 21.3. The molecule has 31 heavy (non-hydrogen) atoms. The van der Waals surface area contributed by atoms with Crippen LogP contribution in [0.25, 0.3) is 0 Å². The highest BCUT2D eigenvalue weighted by atomic mass is 16.6. The summed E-state index contributed by atoms with van der Waals surface area (Å²) >= 11 is 0. The van der Waals surface area contributed by atoms with Gasteiger partial charge in [-0.3, -0.25) is 14.8 Å². The smallest absolute Gasteiger partial charge is 0.241 e. The maximum Gasteiger partial charge on any atom is 0.241 e. The van der Waals surface area contributed by atoms with Gasteiger partial charge in [-0.1, -0.05) is 6.07 Å². The summed E-state index contributed by atoms with van der Waals surface area (Å²) in [6.45, 7) is 2.25. The Morgan fingerprint density at radius 3 is 2.13 bits per heavy atom. The van der Waals surface area contributed by atoms with E-state index in [4.69, 9.17) is 9.47 Å². The lowest BCUT2D eigenvalue weighted by molar-refractivity contribution is -0.123. The summed E-state index contributed by atoms with van der Waals surface area (Å²) < 4.78 is 11.3. The number of hydrogen-bond donors (Lipinski definition) is 2. The van der Waals surface area contributed by atoms with E-state index in [0.29, 0.717) is 37.8 Å². The van der Waals surface area contributed by atoms with Crippen LogP contribution in [0, 0.1) is 0 Å². The largest absolute Gasteiger partial charge is 0.486 e. The summed E-state index contributed by atoms with van der Waals surface area (Å²) in [4.78, 5) is 21.2. The van der Waals surface area contributed by atoms with E-state index in [9.17, 15) is 4.79 Å². The Labute approximate surface area is 181 Å². The van der Waals surface area contributed by atoms with Crippen LogP contribution in [0.3, 0.4) is 0 Å². The maximum atomic E-state index is 13.1. The highest BCUT2D eigenvalue weighted by Gasteiger charge is 2.22. The number of hydrogen-bond acceptors (Lipinski definition) is 6. The van der Waals surface area contributed by atoms with Gasteiger partial charge in [0.25, 0.3) is 0 Å². The number of carbonyl (C=O) groups excluding carboxylic acids is 1. The molecule has 0 saturated carbocycles. The lowest BCUT2D eigenvalue weighted by atomic mass is 10.0. The zero-order valence-corrected chi connectivity index (χ0v) is 17.3. The fraction of sp³-hybridized carbons (Fsp3) is 0.292. The molecule has 3 aromatic rings. The molecular formula is C24H26N4O3. The van der Waals surface area contributed by atoms with E-state index >= 15 is 0 Å². The number of nitrogens with zero attached hydrogens (tertiary/aromatic N) is 2. The van der Waals surface area contributed by atoms with E-state index in [1.807, 2.05) is 42.5 Å². The van der Waals surface area contributed by atoms with Gasteiger partial charge in [0, 0.05) is 37.9 Å². The highest BCUT2D eigenvalue weighted by molar-refractivity contribution is 5.83. The van der Waals surface area contributed by atoms with Crippen molar-refractivity contribution in [3.8, 4) is 11.5 Å². The van der Waals surface area contributed by atoms with Crippen LogP contribution in [0.4, 0.5) is 0 Å². The predicted molar refractivity (Wildman–Crippen MR) is 117 cm³/mol. The fourth-order valence-corrected chi connectivity index (χ4v) is 3.49. The van der Waals surface area contributed by atoms with Crippen molar-refractivity contribution >= 4 is 5.91 Å². The van der Waals surface area contributed by atoms with Crippen molar-refractivity contribution in [3.05, 3.63) is 83.9 Å². The quantitative estimate of drug-likeness (QED) is 0.555. The predicted octanol–water partition coefficient (Wildman–Crippen LogP) is 2.48. The summed E-state index contributed by atoms with van der Waals surface area (Å²) in [6.07, 6.45) is 8.62. The van der Waals surface area contributed by atoms with Crippen LogP contribution >= 0.6 is 0 Å². The fourth-order valence-electron chi connectivity index (χ4n) is 3.49. The van der Waals surface area contributed by atoms with Crippen LogP contribution in [0.1, 0.15) is 22.7 Å². The molecule has 0 saturated heterocycles. The third-order valence-electron chi connectivity index (χ3n) is 5.14. The van der Waals surface area contributed by atoms with Crippen LogP contribution in [0.5, 0.6) is 11.5 Å². The van der Waals surface area contributed by atoms with Gasteiger partial charge in [-0.2, -0.15) is 0 Å². The Kier molecular flexibility index (Phi) is 7.08. The molecule has 0 bridgehead atoms. The number of pyridine rings is 2. The third-order valence-corrected chi connectivity index (χ3v) is 5.14. The van der Waals surface area contributed by atoms with Crippen LogP contribution in [-0.2, 0) is 17.6 Å². The van der Waals surface area contributed by atoms with Gasteiger partial charge in [0.2, 0.25) is 5.91 Å². The Balaban J connectivity index is 1.42. The number of rotatable bonds is 9. The second-order valence-corrected chi connectivity index (χ2v) is 7.29. The Morgan fingerprint density at radius 2 is 1.45 bits per heavy atom. The van der Waals surface area contributed by atoms with E-state index in [-0.39, 0.29) is 5.91 Å². The number of benzene rings is 1. The number of fused-ring (bicyclic) bond motifs is 1. The Hall–Kier alpha value is -3.45. The molecule has 0 spiro atoms. The second kappa shape index (κ2) is 10.5. The molecule has 2 N–H and O–H groups in total. The van der Waals surface area contributed by atoms with Gasteiger partial charge in [0.05, 0.1) is 0 Å². The number of amides is 1. The molecule has 1 atom stereocenters. The minimum atomic E-state index is -0.491. The minimum absolute atomic E-state index is 0.0690. The first-order valence-corrected chi connectivity index (χ1v) is 10.5. The standard InChI is InChI=1S/C24H26N4O3/c29-24(28-14-8-19-5-11-26-12-6-19)23(27-13-7-18-3-9-25-10-4-18)20-1-2-21-22(17-20)31-16-15-30-21/h1-6,9-12,17,23,27H,7-8,13-16H2,(H,28,29). The molecule has 0 aliphatic carbocycles. The summed E-state index contributed by atoms with van der Waals surface area (Å²) in [5.74, 6) is 1.32. The highest BCUT2D eigenvalue weighted by Crippen LogP contribution is 2.32. The average Bonchev–Trinajstić information content (AvgIpc) is 2.83. The molecule has 3 heterocycles. The first-order valence-electron chi connectivity index (χ1n) is 10.5.